The van der Waals surface area contributed by atoms with Gasteiger partial charge in [-0.3, -0.25) is 4.72 Å². The summed E-state index contributed by atoms with van der Waals surface area (Å²) in [4.78, 5) is 10.9. The number of benzene rings is 1. The van der Waals surface area contributed by atoms with Crippen LogP contribution in [0.15, 0.2) is 24.3 Å². The molecule has 0 bridgehead atoms. The van der Waals surface area contributed by atoms with Gasteiger partial charge in [-0.25, -0.2) is 4.79 Å². The Balaban J connectivity index is 2.15. The van der Waals surface area contributed by atoms with E-state index in [9.17, 15) is 13.2 Å². The first-order valence-electron chi connectivity index (χ1n) is 6.50. The molecular weight excluding hydrogens is 280 g/mol. The summed E-state index contributed by atoms with van der Waals surface area (Å²) in [6, 6.07) is 5.79. The first kappa shape index (κ1) is 14.8. The minimum atomic E-state index is -3.62. The zero-order valence-corrected chi connectivity index (χ0v) is 12.1. The molecule has 0 spiro atoms. The summed E-state index contributed by atoms with van der Waals surface area (Å²) in [5.74, 6) is -0.747. The molecule has 1 atom stereocenters. The summed E-state index contributed by atoms with van der Waals surface area (Å²) >= 11 is 0. The lowest BCUT2D eigenvalue weighted by molar-refractivity contribution is 0.0697. The molecule has 0 unspecified atom stereocenters. The van der Waals surface area contributed by atoms with Crippen LogP contribution in [0.25, 0.3) is 0 Å². The van der Waals surface area contributed by atoms with Crippen LogP contribution >= 0.6 is 0 Å². The second kappa shape index (κ2) is 5.80. The molecular formula is C13H18N2O4S. The molecule has 110 valence electrons. The molecule has 0 saturated carbocycles. The van der Waals surface area contributed by atoms with Gasteiger partial charge in [0.2, 0.25) is 0 Å². The summed E-state index contributed by atoms with van der Waals surface area (Å²) < 4.78 is 28.3. The van der Waals surface area contributed by atoms with Crippen LogP contribution in [0.3, 0.4) is 0 Å². The summed E-state index contributed by atoms with van der Waals surface area (Å²) in [7, 11) is -3.62. The van der Waals surface area contributed by atoms with Crippen LogP contribution in [-0.2, 0) is 10.2 Å². The van der Waals surface area contributed by atoms with Crippen LogP contribution in [0.2, 0.25) is 0 Å². The molecule has 0 aromatic heterocycles. The van der Waals surface area contributed by atoms with Crippen molar-refractivity contribution >= 4 is 21.9 Å². The van der Waals surface area contributed by atoms with Crippen molar-refractivity contribution in [1.82, 2.24) is 4.31 Å². The van der Waals surface area contributed by atoms with Gasteiger partial charge in [-0.1, -0.05) is 13.0 Å². The Bertz CT molecular complexity index is 600. The molecule has 1 heterocycles. The van der Waals surface area contributed by atoms with E-state index in [1.807, 2.05) is 6.92 Å². The molecule has 20 heavy (non-hydrogen) atoms. The van der Waals surface area contributed by atoms with Crippen molar-refractivity contribution in [2.24, 2.45) is 5.92 Å². The van der Waals surface area contributed by atoms with E-state index in [0.29, 0.717) is 19.0 Å². The van der Waals surface area contributed by atoms with Gasteiger partial charge in [0.05, 0.1) is 11.3 Å². The number of aromatic carboxylic acids is 1. The third kappa shape index (κ3) is 3.49. The molecule has 1 aliphatic rings. The first-order chi connectivity index (χ1) is 9.38. The van der Waals surface area contributed by atoms with Crippen LogP contribution in [0, 0.1) is 5.92 Å². The van der Waals surface area contributed by atoms with Gasteiger partial charge in [-0.15, -0.1) is 0 Å². The number of nitrogens with zero attached hydrogens (tertiary/aromatic N) is 1. The number of hydrogen-bond donors (Lipinski definition) is 2. The lowest BCUT2D eigenvalue weighted by Gasteiger charge is -2.30. The molecule has 1 aromatic rings. The number of carboxylic acid groups (broad SMARTS) is 1. The maximum atomic E-state index is 12.2. The fourth-order valence-electron chi connectivity index (χ4n) is 2.29. The average Bonchev–Trinajstić information content (AvgIpc) is 2.38. The van der Waals surface area contributed by atoms with Crippen molar-refractivity contribution in [2.45, 2.75) is 19.8 Å². The van der Waals surface area contributed by atoms with E-state index < -0.39 is 16.2 Å². The van der Waals surface area contributed by atoms with E-state index in [2.05, 4.69) is 4.72 Å². The number of carboxylic acids is 1. The molecule has 1 aromatic carbocycles. The monoisotopic (exact) mass is 298 g/mol. The van der Waals surface area contributed by atoms with Crippen LogP contribution in [0.4, 0.5) is 5.69 Å². The molecule has 6 nitrogen and oxygen atoms in total. The largest absolute Gasteiger partial charge is 0.478 e. The number of anilines is 1. The Kier molecular flexibility index (Phi) is 4.29. The van der Waals surface area contributed by atoms with Crippen molar-refractivity contribution < 1.29 is 18.3 Å². The quantitative estimate of drug-likeness (QED) is 0.887. The van der Waals surface area contributed by atoms with E-state index >= 15 is 0 Å². The van der Waals surface area contributed by atoms with E-state index in [-0.39, 0.29) is 11.3 Å². The molecule has 1 aliphatic heterocycles. The fraction of sp³-hybridized carbons (Fsp3) is 0.462. The second-order valence-electron chi connectivity index (χ2n) is 5.10. The standard InChI is InChI=1S/C13H18N2O4S/c1-10-4-3-7-15(9-10)20(18,19)14-12-6-2-5-11(8-12)13(16)17/h2,5-6,8,10,14H,3-4,7,9H2,1H3,(H,16,17)/t10-/m1/s1. The highest BCUT2D eigenvalue weighted by Gasteiger charge is 2.27. The normalized spacial score (nSPS) is 20.6. The summed E-state index contributed by atoms with van der Waals surface area (Å²) in [6.07, 6.45) is 1.87. The Morgan fingerprint density at radius 1 is 1.45 bits per heavy atom. The third-order valence-electron chi connectivity index (χ3n) is 3.32. The summed E-state index contributed by atoms with van der Waals surface area (Å²) in [6.45, 7) is 3.01. The lowest BCUT2D eigenvalue weighted by atomic mass is 10.0. The summed E-state index contributed by atoms with van der Waals surface area (Å²) in [5, 5.41) is 8.90. The fourth-order valence-corrected chi connectivity index (χ4v) is 3.67. The van der Waals surface area contributed by atoms with Crippen LogP contribution in [0.1, 0.15) is 30.1 Å². The highest BCUT2D eigenvalue weighted by atomic mass is 32.2. The molecule has 1 fully saturated rings. The van der Waals surface area contributed by atoms with Crippen LogP contribution < -0.4 is 4.72 Å². The van der Waals surface area contributed by atoms with E-state index in [1.165, 1.54) is 28.6 Å². The highest BCUT2D eigenvalue weighted by Crippen LogP contribution is 2.20. The van der Waals surface area contributed by atoms with Crippen molar-refractivity contribution in [3.63, 3.8) is 0 Å². The van der Waals surface area contributed by atoms with Crippen molar-refractivity contribution in [2.75, 3.05) is 17.8 Å². The summed E-state index contributed by atoms with van der Waals surface area (Å²) in [5.41, 5.74) is 0.320. The zero-order chi connectivity index (χ0) is 14.8. The zero-order valence-electron chi connectivity index (χ0n) is 11.2. The highest BCUT2D eigenvalue weighted by molar-refractivity contribution is 7.90. The number of piperidine rings is 1. The van der Waals surface area contributed by atoms with Crippen molar-refractivity contribution in [3.05, 3.63) is 29.8 Å². The minimum absolute atomic E-state index is 0.0530. The Hall–Kier alpha value is -1.60. The Labute approximate surface area is 118 Å². The van der Waals surface area contributed by atoms with Crippen LogP contribution in [-0.4, -0.2) is 36.9 Å². The van der Waals surface area contributed by atoms with Crippen molar-refractivity contribution in [1.29, 1.82) is 0 Å². The second-order valence-corrected chi connectivity index (χ2v) is 6.77. The first-order valence-corrected chi connectivity index (χ1v) is 7.94. The minimum Gasteiger partial charge on any atom is -0.478 e. The molecule has 1 saturated heterocycles. The van der Waals surface area contributed by atoms with Gasteiger partial charge in [0.1, 0.15) is 0 Å². The van der Waals surface area contributed by atoms with E-state index in [1.54, 1.807) is 0 Å². The maximum Gasteiger partial charge on any atom is 0.335 e. The third-order valence-corrected chi connectivity index (χ3v) is 4.82. The average molecular weight is 298 g/mol. The lowest BCUT2D eigenvalue weighted by Crippen LogP contribution is -2.42. The van der Waals surface area contributed by atoms with Gasteiger partial charge < -0.3 is 5.11 Å². The number of hydrogen-bond acceptors (Lipinski definition) is 3. The van der Waals surface area contributed by atoms with Gasteiger partial charge in [0.15, 0.2) is 0 Å². The topological polar surface area (TPSA) is 86.7 Å². The molecule has 7 heteroatoms. The van der Waals surface area contributed by atoms with Crippen molar-refractivity contribution in [3.8, 4) is 0 Å². The predicted molar refractivity (Wildman–Crippen MR) is 75.9 cm³/mol. The maximum absolute atomic E-state index is 12.2. The van der Waals surface area contributed by atoms with Gasteiger partial charge >= 0.3 is 16.2 Å². The molecule has 0 aliphatic carbocycles. The predicted octanol–water partition coefficient (Wildman–Crippen LogP) is 1.77. The van der Waals surface area contributed by atoms with Crippen LogP contribution in [0.5, 0.6) is 0 Å². The number of nitrogens with one attached hydrogen (secondary N) is 1. The van der Waals surface area contributed by atoms with Gasteiger partial charge in [-0.05, 0) is 37.0 Å². The Morgan fingerprint density at radius 2 is 2.20 bits per heavy atom. The Morgan fingerprint density at radius 3 is 2.85 bits per heavy atom. The van der Waals surface area contributed by atoms with Gasteiger partial charge in [-0.2, -0.15) is 12.7 Å². The molecule has 2 N–H and O–H groups in total. The van der Waals surface area contributed by atoms with E-state index in [4.69, 9.17) is 5.11 Å². The smallest absolute Gasteiger partial charge is 0.335 e. The number of carbonyl (C=O) groups is 1. The molecule has 0 radical (unpaired) electrons. The molecule has 2 rings (SSSR count). The molecule has 0 amide bonds. The van der Waals surface area contributed by atoms with Gasteiger partial charge in [0.25, 0.3) is 0 Å². The van der Waals surface area contributed by atoms with Gasteiger partial charge in [0, 0.05) is 13.1 Å². The SMILES string of the molecule is C[C@@H]1CCCN(S(=O)(=O)Nc2cccc(C(=O)O)c2)C1. The van der Waals surface area contributed by atoms with E-state index in [0.717, 1.165) is 12.8 Å². The number of rotatable bonds is 4.